The van der Waals surface area contributed by atoms with Crippen molar-refractivity contribution in [3.05, 3.63) is 23.8 Å². The van der Waals surface area contributed by atoms with Crippen LogP contribution < -0.4 is 5.32 Å². The molecule has 1 aromatic carbocycles. The smallest absolute Gasteiger partial charge is 0.323 e. The molecule has 5 heteroatoms. The van der Waals surface area contributed by atoms with Gasteiger partial charge < -0.3 is 20.3 Å². The van der Waals surface area contributed by atoms with Gasteiger partial charge in [0.05, 0.1) is 6.61 Å². The molecule has 0 saturated heterocycles. The van der Waals surface area contributed by atoms with E-state index in [0.29, 0.717) is 13.0 Å². The number of carbonyl (C=O) groups excluding carboxylic acids is 1. The lowest BCUT2D eigenvalue weighted by atomic mass is 10.1. The monoisotopic (exact) mass is 239 g/mol. The first-order valence-electron chi connectivity index (χ1n) is 5.43. The standard InChI is InChI=1S/C12H17NO4/c1-3-17-12(16)9(13-2)6-8-4-5-10(14)11(15)7-8/h4-5,7,9,13-15H,3,6H2,1-2H3. The van der Waals surface area contributed by atoms with Gasteiger partial charge in [0.2, 0.25) is 0 Å². The molecule has 0 radical (unpaired) electrons. The summed E-state index contributed by atoms with van der Waals surface area (Å²) < 4.78 is 4.91. The van der Waals surface area contributed by atoms with Gasteiger partial charge in [0.15, 0.2) is 11.5 Å². The minimum atomic E-state index is -0.459. The van der Waals surface area contributed by atoms with Crippen molar-refractivity contribution in [1.29, 1.82) is 0 Å². The molecule has 0 aliphatic rings. The number of rotatable bonds is 5. The number of likely N-dealkylation sites (N-methyl/N-ethyl adjacent to an activating group) is 1. The number of carbonyl (C=O) groups is 1. The molecule has 1 atom stereocenters. The number of nitrogens with one attached hydrogen (secondary N) is 1. The lowest BCUT2D eigenvalue weighted by Gasteiger charge is -2.14. The summed E-state index contributed by atoms with van der Waals surface area (Å²) >= 11 is 0. The molecular weight excluding hydrogens is 222 g/mol. The first-order valence-corrected chi connectivity index (χ1v) is 5.43. The van der Waals surface area contributed by atoms with Crippen LogP contribution in [-0.2, 0) is 16.0 Å². The molecule has 0 amide bonds. The van der Waals surface area contributed by atoms with Gasteiger partial charge in [-0.25, -0.2) is 0 Å². The molecule has 0 aliphatic heterocycles. The zero-order chi connectivity index (χ0) is 12.8. The molecule has 3 N–H and O–H groups in total. The van der Waals surface area contributed by atoms with Gasteiger partial charge in [0.1, 0.15) is 6.04 Å². The van der Waals surface area contributed by atoms with Gasteiger partial charge in [-0.3, -0.25) is 4.79 Å². The van der Waals surface area contributed by atoms with Crippen molar-refractivity contribution in [3.8, 4) is 11.5 Å². The van der Waals surface area contributed by atoms with E-state index >= 15 is 0 Å². The van der Waals surface area contributed by atoms with Crippen molar-refractivity contribution >= 4 is 5.97 Å². The second-order valence-corrected chi connectivity index (χ2v) is 3.62. The molecule has 5 nitrogen and oxygen atoms in total. The van der Waals surface area contributed by atoms with Crippen molar-refractivity contribution in [2.24, 2.45) is 0 Å². The molecule has 0 spiro atoms. The first-order chi connectivity index (χ1) is 8.08. The summed E-state index contributed by atoms with van der Waals surface area (Å²) in [6.45, 7) is 2.08. The Balaban J connectivity index is 2.73. The van der Waals surface area contributed by atoms with Gasteiger partial charge in [-0.2, -0.15) is 0 Å². The molecule has 94 valence electrons. The highest BCUT2D eigenvalue weighted by atomic mass is 16.5. The zero-order valence-corrected chi connectivity index (χ0v) is 9.93. The van der Waals surface area contributed by atoms with Gasteiger partial charge in [0, 0.05) is 0 Å². The van der Waals surface area contributed by atoms with Crippen LogP contribution in [0.1, 0.15) is 12.5 Å². The Bertz CT molecular complexity index is 392. The van der Waals surface area contributed by atoms with Crippen molar-refractivity contribution in [1.82, 2.24) is 5.32 Å². The molecule has 17 heavy (non-hydrogen) atoms. The second-order valence-electron chi connectivity index (χ2n) is 3.62. The lowest BCUT2D eigenvalue weighted by Crippen LogP contribution is -2.37. The Hall–Kier alpha value is -1.75. The van der Waals surface area contributed by atoms with E-state index in [0.717, 1.165) is 5.56 Å². The number of benzene rings is 1. The second kappa shape index (κ2) is 6.10. The SMILES string of the molecule is CCOC(=O)C(Cc1ccc(O)c(O)c1)NC. The summed E-state index contributed by atoms with van der Waals surface area (Å²) in [5.41, 5.74) is 0.743. The quantitative estimate of drug-likeness (QED) is 0.523. The van der Waals surface area contributed by atoms with Gasteiger partial charge in [0.25, 0.3) is 0 Å². The fourth-order valence-electron chi connectivity index (χ4n) is 1.48. The van der Waals surface area contributed by atoms with E-state index in [-0.39, 0.29) is 17.5 Å². The fourth-order valence-corrected chi connectivity index (χ4v) is 1.48. The van der Waals surface area contributed by atoms with E-state index < -0.39 is 6.04 Å². The average Bonchev–Trinajstić information content (AvgIpc) is 2.30. The highest BCUT2D eigenvalue weighted by Gasteiger charge is 2.18. The Morgan fingerprint density at radius 1 is 1.41 bits per heavy atom. The Kier molecular flexibility index (Phi) is 4.78. The lowest BCUT2D eigenvalue weighted by molar-refractivity contribution is -0.145. The number of esters is 1. The number of aromatic hydroxyl groups is 2. The van der Waals surface area contributed by atoms with E-state index in [1.54, 1.807) is 20.0 Å². The normalized spacial score (nSPS) is 12.1. The number of hydrogen-bond donors (Lipinski definition) is 3. The highest BCUT2D eigenvalue weighted by molar-refractivity contribution is 5.76. The van der Waals surface area contributed by atoms with Crippen LogP contribution in [0.3, 0.4) is 0 Å². The third-order valence-electron chi connectivity index (χ3n) is 2.40. The third kappa shape index (κ3) is 3.64. The van der Waals surface area contributed by atoms with Gasteiger partial charge in [-0.1, -0.05) is 6.07 Å². The maximum Gasteiger partial charge on any atom is 0.323 e. The third-order valence-corrected chi connectivity index (χ3v) is 2.40. The topological polar surface area (TPSA) is 78.8 Å². The largest absolute Gasteiger partial charge is 0.504 e. The first kappa shape index (κ1) is 13.3. The number of phenols is 2. The van der Waals surface area contributed by atoms with Crippen LogP contribution >= 0.6 is 0 Å². The van der Waals surface area contributed by atoms with Crippen LogP contribution in [0.15, 0.2) is 18.2 Å². The predicted molar refractivity (Wildman–Crippen MR) is 63.0 cm³/mol. The van der Waals surface area contributed by atoms with Crippen LogP contribution in [0.2, 0.25) is 0 Å². The minimum Gasteiger partial charge on any atom is -0.504 e. The predicted octanol–water partition coefficient (Wildman–Crippen LogP) is 0.791. The van der Waals surface area contributed by atoms with Crippen LogP contribution in [0.4, 0.5) is 0 Å². The summed E-state index contributed by atoms with van der Waals surface area (Å²) in [6, 6.07) is 4.01. The summed E-state index contributed by atoms with van der Waals surface area (Å²) in [5, 5.41) is 21.4. The number of hydrogen-bond acceptors (Lipinski definition) is 5. The van der Waals surface area contributed by atoms with Crippen molar-refractivity contribution in [2.45, 2.75) is 19.4 Å². The van der Waals surface area contributed by atoms with Crippen LogP contribution in [-0.4, -0.2) is 35.9 Å². The van der Waals surface area contributed by atoms with Crippen LogP contribution in [0, 0.1) is 0 Å². The van der Waals surface area contributed by atoms with Gasteiger partial charge in [-0.15, -0.1) is 0 Å². The maximum absolute atomic E-state index is 11.5. The molecule has 0 bridgehead atoms. The molecule has 1 unspecified atom stereocenters. The summed E-state index contributed by atoms with van der Waals surface area (Å²) in [7, 11) is 1.67. The molecule has 0 heterocycles. The zero-order valence-electron chi connectivity index (χ0n) is 9.93. The van der Waals surface area contributed by atoms with E-state index in [1.807, 2.05) is 0 Å². The minimum absolute atomic E-state index is 0.175. The highest BCUT2D eigenvalue weighted by Crippen LogP contribution is 2.25. The van der Waals surface area contributed by atoms with Crippen LogP contribution in [0.5, 0.6) is 11.5 Å². The van der Waals surface area contributed by atoms with E-state index in [9.17, 15) is 15.0 Å². The Labute approximate surface area is 100 Å². The van der Waals surface area contributed by atoms with Gasteiger partial charge in [-0.05, 0) is 38.1 Å². The Morgan fingerprint density at radius 3 is 2.65 bits per heavy atom. The van der Waals surface area contributed by atoms with E-state index in [2.05, 4.69) is 5.32 Å². The molecular formula is C12H17NO4. The molecule has 0 saturated carbocycles. The molecule has 1 rings (SSSR count). The molecule has 0 aliphatic carbocycles. The molecule has 1 aromatic rings. The van der Waals surface area contributed by atoms with Crippen molar-refractivity contribution in [3.63, 3.8) is 0 Å². The van der Waals surface area contributed by atoms with E-state index in [4.69, 9.17) is 4.74 Å². The molecule has 0 aromatic heterocycles. The average molecular weight is 239 g/mol. The molecule has 0 fully saturated rings. The fraction of sp³-hybridized carbons (Fsp3) is 0.417. The van der Waals surface area contributed by atoms with Gasteiger partial charge >= 0.3 is 5.97 Å². The van der Waals surface area contributed by atoms with Crippen LogP contribution in [0.25, 0.3) is 0 Å². The Morgan fingerprint density at radius 2 is 2.12 bits per heavy atom. The maximum atomic E-state index is 11.5. The summed E-state index contributed by atoms with van der Waals surface area (Å²) in [4.78, 5) is 11.5. The summed E-state index contributed by atoms with van der Waals surface area (Å²) in [6.07, 6.45) is 0.392. The number of ether oxygens (including phenoxy) is 1. The van der Waals surface area contributed by atoms with E-state index in [1.165, 1.54) is 12.1 Å². The summed E-state index contributed by atoms with van der Waals surface area (Å²) in [5.74, 6) is -0.699. The van der Waals surface area contributed by atoms with Crippen molar-refractivity contribution < 1.29 is 19.7 Å². The number of phenolic OH excluding ortho intramolecular Hbond substituents is 2. The van der Waals surface area contributed by atoms with Crippen molar-refractivity contribution in [2.75, 3.05) is 13.7 Å².